The van der Waals surface area contributed by atoms with Gasteiger partial charge in [-0.1, -0.05) is 122 Å². The van der Waals surface area contributed by atoms with Gasteiger partial charge in [-0.05, 0) is 6.42 Å². The third-order valence-electron chi connectivity index (χ3n) is 5.38. The van der Waals surface area contributed by atoms with Crippen molar-refractivity contribution >= 4 is 5.97 Å². The van der Waals surface area contributed by atoms with Crippen LogP contribution in [0.3, 0.4) is 0 Å². The van der Waals surface area contributed by atoms with E-state index in [1.54, 1.807) is 0 Å². The van der Waals surface area contributed by atoms with E-state index in [4.69, 9.17) is 9.84 Å². The summed E-state index contributed by atoms with van der Waals surface area (Å²) in [5.41, 5.74) is 0. The van der Waals surface area contributed by atoms with Crippen molar-refractivity contribution in [1.82, 2.24) is 0 Å². The van der Waals surface area contributed by atoms with Crippen molar-refractivity contribution < 1.29 is 14.6 Å². The van der Waals surface area contributed by atoms with E-state index in [1.807, 2.05) is 0 Å². The fourth-order valence-corrected chi connectivity index (χ4v) is 3.57. The standard InChI is InChI=1S/C23H46O3/c1-3-4-5-6-7-8-9-10-11-12-13-14-15-16-17-18-19-20-21-22(26-2)23(24)25/h22H,3-21H2,1-2H3,(H,24,25)/t22-/m1/s1. The van der Waals surface area contributed by atoms with E-state index >= 15 is 0 Å². The summed E-state index contributed by atoms with van der Waals surface area (Å²) in [4.78, 5) is 10.8. The number of rotatable bonds is 21. The van der Waals surface area contributed by atoms with Crippen LogP contribution in [0, 0.1) is 0 Å². The molecule has 1 N–H and O–H groups in total. The van der Waals surface area contributed by atoms with Gasteiger partial charge in [-0.25, -0.2) is 4.79 Å². The van der Waals surface area contributed by atoms with Crippen LogP contribution in [-0.2, 0) is 9.53 Å². The van der Waals surface area contributed by atoms with Gasteiger partial charge in [0, 0.05) is 7.11 Å². The van der Waals surface area contributed by atoms with Gasteiger partial charge in [0.2, 0.25) is 0 Å². The lowest BCUT2D eigenvalue weighted by atomic mass is 10.0. The van der Waals surface area contributed by atoms with E-state index in [-0.39, 0.29) is 0 Å². The third-order valence-corrected chi connectivity index (χ3v) is 5.38. The zero-order valence-corrected chi connectivity index (χ0v) is 17.8. The Morgan fingerprint density at radius 3 is 1.23 bits per heavy atom. The number of aliphatic carboxylic acids is 1. The van der Waals surface area contributed by atoms with E-state index in [0.29, 0.717) is 6.42 Å². The summed E-state index contributed by atoms with van der Waals surface area (Å²) >= 11 is 0. The van der Waals surface area contributed by atoms with Gasteiger partial charge < -0.3 is 9.84 Å². The van der Waals surface area contributed by atoms with Crippen molar-refractivity contribution in [3.8, 4) is 0 Å². The molecule has 0 unspecified atom stereocenters. The lowest BCUT2D eigenvalue weighted by molar-refractivity contribution is -0.148. The monoisotopic (exact) mass is 370 g/mol. The van der Waals surface area contributed by atoms with Crippen molar-refractivity contribution in [2.75, 3.05) is 7.11 Å². The molecule has 0 rings (SSSR count). The summed E-state index contributed by atoms with van der Waals surface area (Å²) in [6.45, 7) is 2.28. The molecule has 3 heteroatoms. The molecular formula is C23H46O3. The average Bonchev–Trinajstić information content (AvgIpc) is 2.63. The molecule has 3 nitrogen and oxygen atoms in total. The Hall–Kier alpha value is -0.570. The van der Waals surface area contributed by atoms with Crippen LogP contribution in [0.5, 0.6) is 0 Å². The molecule has 0 radical (unpaired) electrons. The zero-order chi connectivity index (χ0) is 19.3. The Bertz CT molecular complexity index is 291. The van der Waals surface area contributed by atoms with Crippen LogP contribution in [0.25, 0.3) is 0 Å². The molecule has 26 heavy (non-hydrogen) atoms. The highest BCUT2D eigenvalue weighted by Gasteiger charge is 2.14. The number of hydrogen-bond donors (Lipinski definition) is 1. The van der Waals surface area contributed by atoms with Crippen LogP contribution in [0.15, 0.2) is 0 Å². The summed E-state index contributed by atoms with van der Waals surface area (Å²) < 4.78 is 4.95. The Kier molecular flexibility index (Phi) is 20.3. The highest BCUT2D eigenvalue weighted by molar-refractivity contribution is 5.72. The van der Waals surface area contributed by atoms with Gasteiger partial charge in [0.1, 0.15) is 0 Å². The highest BCUT2D eigenvalue weighted by atomic mass is 16.5. The van der Waals surface area contributed by atoms with E-state index in [2.05, 4.69) is 6.92 Å². The van der Waals surface area contributed by atoms with Crippen LogP contribution in [0.4, 0.5) is 0 Å². The molecule has 0 saturated heterocycles. The smallest absolute Gasteiger partial charge is 0.332 e. The summed E-state index contributed by atoms with van der Waals surface area (Å²) in [6, 6.07) is 0. The van der Waals surface area contributed by atoms with Gasteiger partial charge >= 0.3 is 5.97 Å². The summed E-state index contributed by atoms with van der Waals surface area (Å²) in [5, 5.41) is 8.89. The molecule has 156 valence electrons. The van der Waals surface area contributed by atoms with E-state index < -0.39 is 12.1 Å². The van der Waals surface area contributed by atoms with Crippen molar-refractivity contribution in [3.05, 3.63) is 0 Å². The molecule has 0 aliphatic carbocycles. The van der Waals surface area contributed by atoms with Crippen LogP contribution in [0.1, 0.15) is 129 Å². The second-order valence-electron chi connectivity index (χ2n) is 7.86. The summed E-state index contributed by atoms with van der Waals surface area (Å²) in [7, 11) is 1.48. The largest absolute Gasteiger partial charge is 0.479 e. The summed E-state index contributed by atoms with van der Waals surface area (Å²) in [5.74, 6) is -0.834. The molecule has 0 spiro atoms. The van der Waals surface area contributed by atoms with E-state index in [1.165, 1.54) is 110 Å². The van der Waals surface area contributed by atoms with Crippen molar-refractivity contribution in [3.63, 3.8) is 0 Å². The predicted molar refractivity (Wildman–Crippen MR) is 112 cm³/mol. The molecular weight excluding hydrogens is 324 g/mol. The van der Waals surface area contributed by atoms with Gasteiger partial charge in [-0.2, -0.15) is 0 Å². The Labute approximate surface area is 163 Å². The van der Waals surface area contributed by atoms with Gasteiger partial charge in [-0.15, -0.1) is 0 Å². The SMILES string of the molecule is CCCCCCCCCCCCCCCCCCCC[C@@H](OC)C(=O)O. The first kappa shape index (κ1) is 25.4. The van der Waals surface area contributed by atoms with Crippen LogP contribution >= 0.6 is 0 Å². The Balaban J connectivity index is 3.10. The molecule has 0 aliphatic rings. The lowest BCUT2D eigenvalue weighted by Crippen LogP contribution is -2.21. The predicted octanol–water partition coefficient (Wildman–Crippen LogP) is 7.52. The fraction of sp³-hybridized carbons (Fsp3) is 0.957. The topological polar surface area (TPSA) is 46.5 Å². The normalized spacial score (nSPS) is 12.4. The minimum atomic E-state index is -0.834. The van der Waals surface area contributed by atoms with Gasteiger partial charge in [0.25, 0.3) is 0 Å². The second kappa shape index (κ2) is 20.7. The zero-order valence-electron chi connectivity index (χ0n) is 17.8. The number of carbonyl (C=O) groups is 1. The molecule has 0 heterocycles. The number of carboxylic acid groups (broad SMARTS) is 1. The lowest BCUT2D eigenvalue weighted by Gasteiger charge is -2.09. The fourth-order valence-electron chi connectivity index (χ4n) is 3.57. The van der Waals surface area contributed by atoms with Gasteiger partial charge in [-0.3, -0.25) is 0 Å². The molecule has 0 aliphatic heterocycles. The summed E-state index contributed by atoms with van der Waals surface area (Å²) in [6.07, 6.45) is 24.4. The van der Waals surface area contributed by atoms with E-state index in [9.17, 15) is 4.79 Å². The number of methoxy groups -OCH3 is 1. The van der Waals surface area contributed by atoms with Crippen LogP contribution in [-0.4, -0.2) is 24.3 Å². The third kappa shape index (κ3) is 18.2. The maximum atomic E-state index is 10.8. The molecule has 0 saturated carbocycles. The number of ether oxygens (including phenoxy) is 1. The molecule has 0 aromatic carbocycles. The van der Waals surface area contributed by atoms with Crippen molar-refractivity contribution in [2.45, 2.75) is 135 Å². The number of unbranched alkanes of at least 4 members (excludes halogenated alkanes) is 17. The van der Waals surface area contributed by atoms with Crippen LogP contribution < -0.4 is 0 Å². The number of hydrogen-bond acceptors (Lipinski definition) is 2. The first-order chi connectivity index (χ1) is 12.7. The van der Waals surface area contributed by atoms with E-state index in [0.717, 1.165) is 12.8 Å². The average molecular weight is 371 g/mol. The first-order valence-corrected chi connectivity index (χ1v) is 11.5. The Morgan fingerprint density at radius 2 is 0.962 bits per heavy atom. The Morgan fingerprint density at radius 1 is 0.654 bits per heavy atom. The minimum Gasteiger partial charge on any atom is -0.479 e. The number of carboxylic acids is 1. The maximum Gasteiger partial charge on any atom is 0.332 e. The quantitative estimate of drug-likeness (QED) is 0.212. The molecule has 0 amide bonds. The molecule has 0 aromatic heterocycles. The molecule has 1 atom stereocenters. The minimum absolute atomic E-state index is 0.615. The first-order valence-electron chi connectivity index (χ1n) is 11.5. The molecule has 0 bridgehead atoms. The van der Waals surface area contributed by atoms with Gasteiger partial charge in [0.15, 0.2) is 6.10 Å². The van der Waals surface area contributed by atoms with Gasteiger partial charge in [0.05, 0.1) is 0 Å². The highest BCUT2D eigenvalue weighted by Crippen LogP contribution is 2.15. The van der Waals surface area contributed by atoms with Crippen molar-refractivity contribution in [1.29, 1.82) is 0 Å². The maximum absolute atomic E-state index is 10.8. The van der Waals surface area contributed by atoms with Crippen molar-refractivity contribution in [2.24, 2.45) is 0 Å². The molecule has 0 fully saturated rings. The second-order valence-corrected chi connectivity index (χ2v) is 7.86. The molecule has 0 aromatic rings. The van der Waals surface area contributed by atoms with Crippen LogP contribution in [0.2, 0.25) is 0 Å².